The average Bonchev–Trinajstić information content (AvgIpc) is 2.58. The number of carbonyl (C=O) groups excluding carboxylic acids is 1. The summed E-state index contributed by atoms with van der Waals surface area (Å²) in [5, 5.41) is 14.8. The van der Waals surface area contributed by atoms with E-state index in [-0.39, 0.29) is 12.5 Å². The van der Waals surface area contributed by atoms with Crippen molar-refractivity contribution in [3.63, 3.8) is 0 Å². The van der Waals surface area contributed by atoms with Gasteiger partial charge in [0, 0.05) is 19.1 Å². The molecule has 0 unspecified atom stereocenters. The maximum atomic E-state index is 11.1. The van der Waals surface area contributed by atoms with E-state index in [1.807, 2.05) is 6.92 Å². The molecule has 0 saturated carbocycles. The fourth-order valence-corrected chi connectivity index (χ4v) is 1.01. The van der Waals surface area contributed by atoms with Crippen LogP contribution < -0.4 is 5.32 Å². The molecule has 0 aromatic carbocycles. The van der Waals surface area contributed by atoms with Crippen molar-refractivity contribution in [2.45, 2.75) is 26.3 Å². The first-order valence-electron chi connectivity index (χ1n) is 4.52. The molecule has 14 heavy (non-hydrogen) atoms. The van der Waals surface area contributed by atoms with Crippen molar-refractivity contribution in [2.24, 2.45) is 0 Å². The van der Waals surface area contributed by atoms with Crippen LogP contribution in [0.3, 0.4) is 0 Å². The van der Waals surface area contributed by atoms with Crippen LogP contribution in [0.5, 0.6) is 0 Å². The first kappa shape index (κ1) is 10.7. The zero-order valence-corrected chi connectivity index (χ0v) is 8.12. The molecule has 0 fully saturated rings. The number of hydrogen-bond donors (Lipinski definition) is 2. The van der Waals surface area contributed by atoms with Crippen LogP contribution in [0.4, 0.5) is 0 Å². The van der Waals surface area contributed by atoms with Crippen molar-refractivity contribution >= 4 is 5.91 Å². The summed E-state index contributed by atoms with van der Waals surface area (Å²) in [4.78, 5) is 11.1. The molecule has 1 rings (SSSR count). The standard InChI is InChI=1S/C9H14N2O3/c1-7-5-8(14-11-7)6-10-9(13)3-2-4-12/h5,12H,2-4,6H2,1H3,(H,10,13). The summed E-state index contributed by atoms with van der Waals surface area (Å²) in [5.41, 5.74) is 0.796. The Hall–Kier alpha value is -1.36. The Morgan fingerprint density at radius 3 is 3.07 bits per heavy atom. The SMILES string of the molecule is Cc1cc(CNC(=O)CCCO)on1. The quantitative estimate of drug-likeness (QED) is 0.716. The molecule has 1 heterocycles. The monoisotopic (exact) mass is 198 g/mol. The Morgan fingerprint density at radius 1 is 1.71 bits per heavy atom. The molecule has 0 saturated heterocycles. The Morgan fingerprint density at radius 2 is 2.50 bits per heavy atom. The van der Waals surface area contributed by atoms with Crippen molar-refractivity contribution in [1.82, 2.24) is 10.5 Å². The van der Waals surface area contributed by atoms with E-state index in [9.17, 15) is 4.79 Å². The molecule has 0 aliphatic rings. The molecule has 5 nitrogen and oxygen atoms in total. The highest BCUT2D eigenvalue weighted by atomic mass is 16.5. The van der Waals surface area contributed by atoms with Crippen molar-refractivity contribution in [1.29, 1.82) is 0 Å². The van der Waals surface area contributed by atoms with Crippen molar-refractivity contribution in [3.8, 4) is 0 Å². The van der Waals surface area contributed by atoms with Crippen LogP contribution in [0.25, 0.3) is 0 Å². The minimum atomic E-state index is -0.0897. The number of aliphatic hydroxyl groups excluding tert-OH is 1. The van der Waals surface area contributed by atoms with Crippen LogP contribution in [0.15, 0.2) is 10.6 Å². The van der Waals surface area contributed by atoms with E-state index in [1.165, 1.54) is 0 Å². The molecule has 0 bridgehead atoms. The van der Waals surface area contributed by atoms with Gasteiger partial charge in [-0.05, 0) is 13.3 Å². The molecule has 0 radical (unpaired) electrons. The van der Waals surface area contributed by atoms with Gasteiger partial charge in [-0.25, -0.2) is 0 Å². The van der Waals surface area contributed by atoms with Gasteiger partial charge in [0.1, 0.15) is 0 Å². The Bertz CT molecular complexity index is 296. The van der Waals surface area contributed by atoms with E-state index in [0.717, 1.165) is 5.69 Å². The van der Waals surface area contributed by atoms with Gasteiger partial charge in [0.2, 0.25) is 5.91 Å². The lowest BCUT2D eigenvalue weighted by Crippen LogP contribution is -2.22. The zero-order chi connectivity index (χ0) is 10.4. The highest BCUT2D eigenvalue weighted by Crippen LogP contribution is 2.01. The fourth-order valence-electron chi connectivity index (χ4n) is 1.01. The molecule has 5 heteroatoms. The van der Waals surface area contributed by atoms with Crippen LogP contribution in [0.1, 0.15) is 24.3 Å². The first-order valence-corrected chi connectivity index (χ1v) is 4.52. The molecule has 2 N–H and O–H groups in total. The number of aryl methyl sites for hydroxylation is 1. The van der Waals surface area contributed by atoms with E-state index in [4.69, 9.17) is 9.63 Å². The van der Waals surface area contributed by atoms with Gasteiger partial charge in [-0.3, -0.25) is 4.79 Å². The second-order valence-corrected chi connectivity index (χ2v) is 3.04. The van der Waals surface area contributed by atoms with Crippen molar-refractivity contribution in [3.05, 3.63) is 17.5 Å². The van der Waals surface area contributed by atoms with Gasteiger partial charge >= 0.3 is 0 Å². The zero-order valence-electron chi connectivity index (χ0n) is 8.12. The maximum absolute atomic E-state index is 11.1. The largest absolute Gasteiger partial charge is 0.396 e. The van der Waals surface area contributed by atoms with E-state index in [0.29, 0.717) is 25.1 Å². The normalized spacial score (nSPS) is 10.1. The Balaban J connectivity index is 2.23. The Kier molecular flexibility index (Phi) is 4.12. The van der Waals surface area contributed by atoms with Crippen molar-refractivity contribution in [2.75, 3.05) is 6.61 Å². The molecule has 78 valence electrons. The van der Waals surface area contributed by atoms with Gasteiger partial charge in [-0.2, -0.15) is 0 Å². The van der Waals surface area contributed by atoms with Crippen LogP contribution >= 0.6 is 0 Å². The van der Waals surface area contributed by atoms with Crippen LogP contribution in [0, 0.1) is 6.92 Å². The van der Waals surface area contributed by atoms with Gasteiger partial charge < -0.3 is 14.9 Å². The summed E-state index contributed by atoms with van der Waals surface area (Å²) in [6, 6.07) is 1.77. The topological polar surface area (TPSA) is 75.4 Å². The van der Waals surface area contributed by atoms with E-state index < -0.39 is 0 Å². The molecular formula is C9H14N2O3. The highest BCUT2D eigenvalue weighted by molar-refractivity contribution is 5.75. The second kappa shape index (κ2) is 5.39. The third-order valence-corrected chi connectivity index (χ3v) is 1.70. The minimum absolute atomic E-state index is 0.0365. The van der Waals surface area contributed by atoms with Gasteiger partial charge in [0.25, 0.3) is 0 Å². The van der Waals surface area contributed by atoms with Crippen molar-refractivity contribution < 1.29 is 14.4 Å². The minimum Gasteiger partial charge on any atom is -0.396 e. The third kappa shape index (κ3) is 3.57. The molecule has 1 aromatic heterocycles. The molecule has 1 aromatic rings. The number of nitrogens with zero attached hydrogens (tertiary/aromatic N) is 1. The lowest BCUT2D eigenvalue weighted by Gasteiger charge is -2.00. The van der Waals surface area contributed by atoms with Crippen LogP contribution in [-0.2, 0) is 11.3 Å². The summed E-state index contributed by atoms with van der Waals surface area (Å²) >= 11 is 0. The molecule has 1 amide bonds. The second-order valence-electron chi connectivity index (χ2n) is 3.04. The predicted molar refractivity (Wildman–Crippen MR) is 49.4 cm³/mol. The van der Waals surface area contributed by atoms with Crippen LogP contribution in [-0.4, -0.2) is 22.8 Å². The first-order chi connectivity index (χ1) is 6.72. The van der Waals surface area contributed by atoms with Gasteiger partial charge in [0.15, 0.2) is 5.76 Å². The number of aliphatic hydroxyl groups is 1. The molecule has 0 spiro atoms. The molecule has 0 aliphatic carbocycles. The van der Waals surface area contributed by atoms with Gasteiger partial charge in [0.05, 0.1) is 12.2 Å². The molecule has 0 atom stereocenters. The number of rotatable bonds is 5. The number of nitrogens with one attached hydrogen (secondary N) is 1. The van der Waals surface area contributed by atoms with E-state index in [1.54, 1.807) is 6.07 Å². The average molecular weight is 198 g/mol. The van der Waals surface area contributed by atoms with E-state index >= 15 is 0 Å². The predicted octanol–water partition coefficient (Wildman–Crippen LogP) is 0.372. The van der Waals surface area contributed by atoms with Gasteiger partial charge in [-0.15, -0.1) is 0 Å². The lowest BCUT2D eigenvalue weighted by atomic mass is 10.3. The number of amides is 1. The molecule has 0 aliphatic heterocycles. The smallest absolute Gasteiger partial charge is 0.220 e. The van der Waals surface area contributed by atoms with Gasteiger partial charge in [-0.1, -0.05) is 5.16 Å². The number of hydrogen-bond acceptors (Lipinski definition) is 4. The number of aromatic nitrogens is 1. The summed E-state index contributed by atoms with van der Waals surface area (Å²) in [6.07, 6.45) is 0.824. The maximum Gasteiger partial charge on any atom is 0.220 e. The Labute approximate surface area is 82.1 Å². The lowest BCUT2D eigenvalue weighted by molar-refractivity contribution is -0.121. The fraction of sp³-hybridized carbons (Fsp3) is 0.556. The summed E-state index contributed by atoms with van der Waals surface area (Å²) in [7, 11) is 0. The van der Waals surface area contributed by atoms with Crippen LogP contribution in [0.2, 0.25) is 0 Å². The number of carbonyl (C=O) groups is 1. The van der Waals surface area contributed by atoms with E-state index in [2.05, 4.69) is 10.5 Å². The summed E-state index contributed by atoms with van der Waals surface area (Å²) in [6.45, 7) is 2.21. The summed E-state index contributed by atoms with van der Waals surface area (Å²) in [5.74, 6) is 0.549. The highest BCUT2D eigenvalue weighted by Gasteiger charge is 2.03. The third-order valence-electron chi connectivity index (χ3n) is 1.70. The summed E-state index contributed by atoms with van der Waals surface area (Å²) < 4.78 is 4.91. The molecular weight excluding hydrogens is 184 g/mol.